The van der Waals surface area contributed by atoms with E-state index < -0.39 is 5.97 Å². The molecule has 0 bridgehead atoms. The lowest BCUT2D eigenvalue weighted by Crippen LogP contribution is -2.14. The number of hydrogen-bond donors (Lipinski definition) is 1. The Hall–Kier alpha value is -2.10. The molecule has 2 rings (SSSR count). The van der Waals surface area contributed by atoms with E-state index in [1.807, 2.05) is 52.0 Å². The van der Waals surface area contributed by atoms with Gasteiger partial charge in [-0.1, -0.05) is 50.6 Å². The summed E-state index contributed by atoms with van der Waals surface area (Å²) in [6.07, 6.45) is 0. The Labute approximate surface area is 119 Å². The molecule has 0 atom stereocenters. The molecule has 0 spiro atoms. The van der Waals surface area contributed by atoms with Crippen LogP contribution in [0.15, 0.2) is 30.3 Å². The van der Waals surface area contributed by atoms with Crippen molar-refractivity contribution in [1.82, 2.24) is 9.78 Å². The van der Waals surface area contributed by atoms with E-state index in [0.717, 1.165) is 16.8 Å². The summed E-state index contributed by atoms with van der Waals surface area (Å²) >= 11 is 0. The summed E-state index contributed by atoms with van der Waals surface area (Å²) in [6.45, 7) is 8.57. The second-order valence-corrected chi connectivity index (χ2v) is 6.12. The molecular formula is C16H20N2O2. The van der Waals surface area contributed by atoms with Gasteiger partial charge in [-0.2, -0.15) is 5.10 Å². The Bertz CT molecular complexity index is 636. The van der Waals surface area contributed by atoms with Crippen molar-refractivity contribution in [2.24, 2.45) is 0 Å². The summed E-state index contributed by atoms with van der Waals surface area (Å²) in [5, 5.41) is 13.8. The number of carboxylic acids is 1. The van der Waals surface area contributed by atoms with Crippen LogP contribution in [0.1, 0.15) is 48.1 Å². The largest absolute Gasteiger partial charge is 0.477 e. The normalized spacial score (nSPS) is 11.6. The first-order valence-electron chi connectivity index (χ1n) is 6.64. The first kappa shape index (κ1) is 14.3. The van der Waals surface area contributed by atoms with E-state index in [9.17, 15) is 9.90 Å². The summed E-state index contributed by atoms with van der Waals surface area (Å²) in [5.74, 6) is -0.944. The van der Waals surface area contributed by atoms with E-state index in [-0.39, 0.29) is 11.1 Å². The number of aryl methyl sites for hydroxylation is 1. The van der Waals surface area contributed by atoms with Gasteiger partial charge in [-0.25, -0.2) is 4.79 Å². The van der Waals surface area contributed by atoms with Gasteiger partial charge in [-0.3, -0.25) is 4.68 Å². The number of aromatic carboxylic acids is 1. The summed E-state index contributed by atoms with van der Waals surface area (Å²) in [6, 6.07) is 9.68. The molecular weight excluding hydrogens is 252 g/mol. The van der Waals surface area contributed by atoms with E-state index >= 15 is 0 Å². The molecule has 1 aromatic carbocycles. The third kappa shape index (κ3) is 3.07. The molecule has 0 saturated heterocycles. The van der Waals surface area contributed by atoms with Crippen molar-refractivity contribution in [3.05, 3.63) is 52.8 Å². The van der Waals surface area contributed by atoms with Crippen molar-refractivity contribution in [3.63, 3.8) is 0 Å². The van der Waals surface area contributed by atoms with Gasteiger partial charge in [-0.05, 0) is 18.6 Å². The van der Waals surface area contributed by atoms with Crippen LogP contribution in [0, 0.1) is 6.92 Å². The van der Waals surface area contributed by atoms with Crippen molar-refractivity contribution in [2.45, 2.75) is 39.7 Å². The van der Waals surface area contributed by atoms with Crippen LogP contribution in [0.3, 0.4) is 0 Å². The highest BCUT2D eigenvalue weighted by Gasteiger charge is 2.22. The molecule has 0 aliphatic heterocycles. The lowest BCUT2D eigenvalue weighted by molar-refractivity contribution is 0.0684. The lowest BCUT2D eigenvalue weighted by atomic mass is 9.92. The number of hydrogen-bond acceptors (Lipinski definition) is 2. The van der Waals surface area contributed by atoms with Crippen molar-refractivity contribution in [1.29, 1.82) is 0 Å². The maximum Gasteiger partial charge on any atom is 0.354 e. The van der Waals surface area contributed by atoms with Crippen LogP contribution >= 0.6 is 0 Å². The molecule has 0 unspecified atom stereocenters. The molecule has 4 nitrogen and oxygen atoms in total. The second kappa shape index (κ2) is 5.12. The van der Waals surface area contributed by atoms with Gasteiger partial charge in [0.1, 0.15) is 5.69 Å². The van der Waals surface area contributed by atoms with Crippen LogP contribution in [0.5, 0.6) is 0 Å². The Morgan fingerprint density at radius 3 is 2.55 bits per heavy atom. The first-order chi connectivity index (χ1) is 9.27. The maximum atomic E-state index is 11.4. The summed E-state index contributed by atoms with van der Waals surface area (Å²) in [7, 11) is 0. The molecule has 2 aromatic rings. The van der Waals surface area contributed by atoms with Crippen LogP contribution in [-0.2, 0) is 12.0 Å². The lowest BCUT2D eigenvalue weighted by Gasteiger charge is -2.14. The number of aromatic nitrogens is 2. The number of carbonyl (C=O) groups is 1. The first-order valence-corrected chi connectivity index (χ1v) is 6.64. The highest BCUT2D eigenvalue weighted by atomic mass is 16.4. The molecule has 0 fully saturated rings. The summed E-state index contributed by atoms with van der Waals surface area (Å²) in [5.41, 5.74) is 3.07. The Morgan fingerprint density at radius 2 is 2.00 bits per heavy atom. The smallest absolute Gasteiger partial charge is 0.354 e. The van der Waals surface area contributed by atoms with Gasteiger partial charge < -0.3 is 5.11 Å². The molecule has 1 aromatic heterocycles. The van der Waals surface area contributed by atoms with Crippen LogP contribution in [0.25, 0.3) is 0 Å². The molecule has 1 heterocycles. The van der Waals surface area contributed by atoms with Gasteiger partial charge in [0.05, 0.1) is 12.2 Å². The predicted octanol–water partition coefficient (Wildman–Crippen LogP) is 3.24. The zero-order chi connectivity index (χ0) is 14.9. The average Bonchev–Trinajstić information content (AvgIpc) is 2.72. The Balaban J connectivity index is 2.40. The number of nitrogens with zero attached hydrogens (tertiary/aromatic N) is 2. The van der Waals surface area contributed by atoms with Crippen LogP contribution in [0.4, 0.5) is 0 Å². The van der Waals surface area contributed by atoms with Crippen molar-refractivity contribution < 1.29 is 9.90 Å². The standard InChI is InChI=1S/C16H20N2O2/c1-11-6-5-7-12(8-11)10-18-13(15(19)20)9-14(17-18)16(2,3)4/h5-9H,10H2,1-4H3,(H,19,20). The fourth-order valence-electron chi connectivity index (χ4n) is 2.06. The summed E-state index contributed by atoms with van der Waals surface area (Å²) < 4.78 is 1.57. The van der Waals surface area contributed by atoms with Gasteiger partial charge in [-0.15, -0.1) is 0 Å². The Kier molecular flexibility index (Phi) is 3.66. The molecule has 20 heavy (non-hydrogen) atoms. The van der Waals surface area contributed by atoms with Crippen molar-refractivity contribution in [3.8, 4) is 0 Å². The highest BCUT2D eigenvalue weighted by Crippen LogP contribution is 2.22. The van der Waals surface area contributed by atoms with Crippen LogP contribution in [0.2, 0.25) is 0 Å². The molecule has 0 aliphatic carbocycles. The quantitative estimate of drug-likeness (QED) is 0.933. The highest BCUT2D eigenvalue weighted by molar-refractivity contribution is 5.85. The minimum atomic E-state index is -0.944. The molecule has 4 heteroatoms. The third-order valence-electron chi connectivity index (χ3n) is 3.18. The van der Waals surface area contributed by atoms with Gasteiger partial charge >= 0.3 is 5.97 Å². The maximum absolute atomic E-state index is 11.4. The molecule has 0 radical (unpaired) electrons. The summed E-state index contributed by atoms with van der Waals surface area (Å²) in [4.78, 5) is 11.4. The zero-order valence-corrected chi connectivity index (χ0v) is 12.3. The van der Waals surface area contributed by atoms with E-state index in [0.29, 0.717) is 6.54 Å². The van der Waals surface area contributed by atoms with Crippen molar-refractivity contribution in [2.75, 3.05) is 0 Å². The topological polar surface area (TPSA) is 55.1 Å². The molecule has 0 amide bonds. The second-order valence-electron chi connectivity index (χ2n) is 6.12. The minimum Gasteiger partial charge on any atom is -0.477 e. The number of benzene rings is 1. The van der Waals surface area contributed by atoms with E-state index in [2.05, 4.69) is 5.10 Å². The Morgan fingerprint density at radius 1 is 1.30 bits per heavy atom. The van der Waals surface area contributed by atoms with E-state index in [4.69, 9.17) is 0 Å². The van der Waals surface area contributed by atoms with Crippen LogP contribution < -0.4 is 0 Å². The van der Waals surface area contributed by atoms with Gasteiger partial charge in [0.15, 0.2) is 0 Å². The predicted molar refractivity (Wildman–Crippen MR) is 78.2 cm³/mol. The van der Waals surface area contributed by atoms with Crippen LogP contribution in [-0.4, -0.2) is 20.9 Å². The fraction of sp³-hybridized carbons (Fsp3) is 0.375. The fourth-order valence-corrected chi connectivity index (χ4v) is 2.06. The van der Waals surface area contributed by atoms with Gasteiger partial charge in [0, 0.05) is 5.41 Å². The van der Waals surface area contributed by atoms with E-state index in [1.165, 1.54) is 0 Å². The van der Waals surface area contributed by atoms with Gasteiger partial charge in [0.25, 0.3) is 0 Å². The van der Waals surface area contributed by atoms with Crippen molar-refractivity contribution >= 4 is 5.97 Å². The zero-order valence-electron chi connectivity index (χ0n) is 12.3. The SMILES string of the molecule is Cc1cccc(Cn2nc(C(C)(C)C)cc2C(=O)O)c1. The molecule has 1 N–H and O–H groups in total. The van der Waals surface area contributed by atoms with E-state index in [1.54, 1.807) is 10.7 Å². The molecule has 106 valence electrons. The average molecular weight is 272 g/mol. The number of carboxylic acid groups (broad SMARTS) is 1. The minimum absolute atomic E-state index is 0.165. The monoisotopic (exact) mass is 272 g/mol. The number of rotatable bonds is 3. The van der Waals surface area contributed by atoms with Gasteiger partial charge in [0.2, 0.25) is 0 Å². The molecule has 0 saturated carbocycles. The third-order valence-corrected chi connectivity index (χ3v) is 3.18. The molecule has 0 aliphatic rings.